The van der Waals surface area contributed by atoms with Crippen LogP contribution in [0.5, 0.6) is 0 Å². The Balaban J connectivity index is 1.77. The zero-order valence-electron chi connectivity index (χ0n) is 13.3. The van der Waals surface area contributed by atoms with Crippen LogP contribution in [0.4, 0.5) is 5.69 Å². The molecule has 126 valence electrons. The highest BCUT2D eigenvalue weighted by atomic mass is 35.5. The van der Waals surface area contributed by atoms with Crippen molar-refractivity contribution in [3.63, 3.8) is 0 Å². The lowest BCUT2D eigenvalue weighted by Gasteiger charge is -2.27. The number of halogens is 1. The van der Waals surface area contributed by atoms with Crippen LogP contribution in [0.15, 0.2) is 48.8 Å². The number of anilines is 1. The predicted octanol–water partition coefficient (Wildman–Crippen LogP) is 2.33. The number of benzene rings is 1. The fourth-order valence-corrected chi connectivity index (χ4v) is 3.35. The Morgan fingerprint density at radius 1 is 1.29 bits per heavy atom. The molecular formula is C18H20ClN3O2. The molecule has 1 atom stereocenters. The molecule has 1 N–H and O–H groups in total. The molecule has 24 heavy (non-hydrogen) atoms. The zero-order valence-corrected chi connectivity index (χ0v) is 14.1. The summed E-state index contributed by atoms with van der Waals surface area (Å²) in [7, 11) is 0. The molecule has 2 aromatic rings. The van der Waals surface area contributed by atoms with Gasteiger partial charge in [0.2, 0.25) is 5.91 Å². The van der Waals surface area contributed by atoms with E-state index in [-0.39, 0.29) is 18.6 Å². The minimum atomic E-state index is -0.256. The average Bonchev–Trinajstić information content (AvgIpc) is 2.97. The highest BCUT2D eigenvalue weighted by Gasteiger charge is 2.37. The number of nitrogens with zero attached hydrogens (tertiary/aromatic N) is 3. The maximum Gasteiger partial charge on any atom is 0.244 e. The second-order valence-electron chi connectivity index (χ2n) is 5.80. The maximum absolute atomic E-state index is 12.9. The molecule has 0 aliphatic carbocycles. The van der Waals surface area contributed by atoms with E-state index in [1.807, 2.05) is 35.2 Å². The minimum absolute atomic E-state index is 0.0101. The van der Waals surface area contributed by atoms with Crippen LogP contribution in [-0.2, 0) is 11.3 Å². The van der Waals surface area contributed by atoms with Crippen molar-refractivity contribution in [2.24, 2.45) is 0 Å². The number of aliphatic hydroxyl groups is 1. The average molecular weight is 346 g/mol. The monoisotopic (exact) mass is 345 g/mol. The van der Waals surface area contributed by atoms with Gasteiger partial charge in [-0.2, -0.15) is 0 Å². The first kappa shape index (κ1) is 16.9. The van der Waals surface area contributed by atoms with Crippen molar-refractivity contribution >= 4 is 23.2 Å². The minimum Gasteiger partial charge on any atom is -0.395 e. The third-order valence-corrected chi connectivity index (χ3v) is 4.58. The first-order chi connectivity index (χ1) is 11.7. The molecule has 2 heterocycles. The molecule has 0 saturated carbocycles. The summed E-state index contributed by atoms with van der Waals surface area (Å²) in [6.07, 6.45) is 4.22. The summed E-state index contributed by atoms with van der Waals surface area (Å²) >= 11 is 6.23. The molecule has 1 aromatic carbocycles. The summed E-state index contributed by atoms with van der Waals surface area (Å²) in [4.78, 5) is 20.8. The number of pyridine rings is 1. The van der Waals surface area contributed by atoms with Gasteiger partial charge in [0.25, 0.3) is 0 Å². The number of hydrogen-bond acceptors (Lipinski definition) is 4. The number of para-hydroxylation sites is 1. The Morgan fingerprint density at radius 2 is 2.12 bits per heavy atom. The van der Waals surface area contributed by atoms with Crippen LogP contribution in [0.1, 0.15) is 12.0 Å². The van der Waals surface area contributed by atoms with E-state index in [0.29, 0.717) is 31.1 Å². The predicted molar refractivity (Wildman–Crippen MR) is 93.9 cm³/mol. The van der Waals surface area contributed by atoms with Gasteiger partial charge >= 0.3 is 0 Å². The molecule has 1 amide bonds. The Bertz CT molecular complexity index is 696. The topological polar surface area (TPSA) is 56.7 Å². The normalized spacial score (nSPS) is 17.7. The quantitative estimate of drug-likeness (QED) is 0.873. The molecule has 1 unspecified atom stereocenters. The summed E-state index contributed by atoms with van der Waals surface area (Å²) < 4.78 is 0. The summed E-state index contributed by atoms with van der Waals surface area (Å²) in [6, 6.07) is 11.0. The molecule has 0 radical (unpaired) electrons. The van der Waals surface area contributed by atoms with Gasteiger partial charge in [-0.15, -0.1) is 0 Å². The summed E-state index contributed by atoms with van der Waals surface area (Å²) in [5.74, 6) is 0.0282. The van der Waals surface area contributed by atoms with Crippen LogP contribution in [0.2, 0.25) is 5.02 Å². The van der Waals surface area contributed by atoms with Crippen molar-refractivity contribution in [2.45, 2.75) is 19.0 Å². The molecule has 3 rings (SSSR count). The smallest absolute Gasteiger partial charge is 0.244 e. The number of carbonyl (C=O) groups is 1. The third kappa shape index (κ3) is 3.59. The SMILES string of the molecule is O=C1C(N(CCO)Cc2cccnc2)CCN1c1ccccc1Cl. The van der Waals surface area contributed by atoms with Gasteiger partial charge in [-0.05, 0) is 30.2 Å². The van der Waals surface area contributed by atoms with Crippen LogP contribution in [-0.4, -0.2) is 46.6 Å². The summed E-state index contributed by atoms with van der Waals surface area (Å²) in [5, 5.41) is 9.96. The van der Waals surface area contributed by atoms with Crippen LogP contribution >= 0.6 is 11.6 Å². The third-order valence-electron chi connectivity index (χ3n) is 4.26. The Labute approximate surface area is 146 Å². The van der Waals surface area contributed by atoms with Crippen molar-refractivity contribution in [1.29, 1.82) is 0 Å². The molecule has 6 heteroatoms. The van der Waals surface area contributed by atoms with Gasteiger partial charge in [0.1, 0.15) is 0 Å². The lowest BCUT2D eigenvalue weighted by atomic mass is 10.1. The Kier molecular flexibility index (Phi) is 5.45. The molecule has 5 nitrogen and oxygen atoms in total. The van der Waals surface area contributed by atoms with Crippen LogP contribution in [0.25, 0.3) is 0 Å². The van der Waals surface area contributed by atoms with Crippen molar-refractivity contribution < 1.29 is 9.90 Å². The van der Waals surface area contributed by atoms with E-state index in [4.69, 9.17) is 11.6 Å². The van der Waals surface area contributed by atoms with E-state index >= 15 is 0 Å². The molecule has 0 bridgehead atoms. The summed E-state index contributed by atoms with van der Waals surface area (Å²) in [6.45, 7) is 1.67. The first-order valence-electron chi connectivity index (χ1n) is 8.00. The van der Waals surface area contributed by atoms with E-state index in [1.54, 1.807) is 23.4 Å². The molecular weight excluding hydrogens is 326 g/mol. The molecule has 1 fully saturated rings. The zero-order chi connectivity index (χ0) is 16.9. The molecule has 1 saturated heterocycles. The van der Waals surface area contributed by atoms with Crippen molar-refractivity contribution in [2.75, 3.05) is 24.6 Å². The van der Waals surface area contributed by atoms with Crippen LogP contribution < -0.4 is 4.90 Å². The summed E-state index contributed by atoms with van der Waals surface area (Å²) in [5.41, 5.74) is 1.77. The lowest BCUT2D eigenvalue weighted by Crippen LogP contribution is -2.43. The Morgan fingerprint density at radius 3 is 2.83 bits per heavy atom. The number of hydrogen-bond donors (Lipinski definition) is 1. The van der Waals surface area contributed by atoms with E-state index in [9.17, 15) is 9.90 Å². The maximum atomic E-state index is 12.9. The number of aromatic nitrogens is 1. The van der Waals surface area contributed by atoms with Gasteiger partial charge in [0, 0.05) is 32.0 Å². The van der Waals surface area contributed by atoms with Crippen molar-refractivity contribution in [3.05, 3.63) is 59.4 Å². The van der Waals surface area contributed by atoms with Gasteiger partial charge in [-0.25, -0.2) is 0 Å². The fraction of sp³-hybridized carbons (Fsp3) is 0.333. The van der Waals surface area contributed by atoms with E-state index in [1.165, 1.54) is 0 Å². The van der Waals surface area contributed by atoms with Crippen LogP contribution in [0.3, 0.4) is 0 Å². The molecule has 0 spiro atoms. The Hall–Kier alpha value is -1.95. The number of carbonyl (C=O) groups excluding carboxylic acids is 1. The van der Waals surface area contributed by atoms with Gasteiger partial charge in [-0.3, -0.25) is 14.7 Å². The van der Waals surface area contributed by atoms with E-state index in [0.717, 1.165) is 11.3 Å². The number of rotatable bonds is 6. The van der Waals surface area contributed by atoms with Crippen molar-refractivity contribution in [3.8, 4) is 0 Å². The largest absolute Gasteiger partial charge is 0.395 e. The number of aliphatic hydroxyl groups excluding tert-OH is 1. The highest BCUT2D eigenvalue weighted by Crippen LogP contribution is 2.30. The van der Waals surface area contributed by atoms with Gasteiger partial charge in [0.05, 0.1) is 23.4 Å². The molecule has 1 aromatic heterocycles. The van der Waals surface area contributed by atoms with Gasteiger partial charge < -0.3 is 10.0 Å². The molecule has 1 aliphatic rings. The van der Waals surface area contributed by atoms with E-state index < -0.39 is 0 Å². The lowest BCUT2D eigenvalue weighted by molar-refractivity contribution is -0.122. The first-order valence-corrected chi connectivity index (χ1v) is 8.38. The van der Waals surface area contributed by atoms with Crippen LogP contribution in [0, 0.1) is 0 Å². The number of amides is 1. The highest BCUT2D eigenvalue weighted by molar-refractivity contribution is 6.33. The standard InChI is InChI=1S/C18H20ClN3O2/c19-15-5-1-2-6-16(15)22-9-7-17(18(22)24)21(10-11-23)13-14-4-3-8-20-12-14/h1-6,8,12,17,23H,7,9-11,13H2. The van der Waals surface area contributed by atoms with Crippen molar-refractivity contribution in [1.82, 2.24) is 9.88 Å². The van der Waals surface area contributed by atoms with Gasteiger partial charge in [-0.1, -0.05) is 29.8 Å². The molecule has 1 aliphatic heterocycles. The van der Waals surface area contributed by atoms with E-state index in [2.05, 4.69) is 4.98 Å². The van der Waals surface area contributed by atoms with Gasteiger partial charge in [0.15, 0.2) is 0 Å². The second-order valence-corrected chi connectivity index (χ2v) is 6.21. The fourth-order valence-electron chi connectivity index (χ4n) is 3.11. The second kappa shape index (κ2) is 7.75.